The van der Waals surface area contributed by atoms with E-state index in [0.29, 0.717) is 6.54 Å². The van der Waals surface area contributed by atoms with Gasteiger partial charge in [0.25, 0.3) is 0 Å². The first kappa shape index (κ1) is 18.7. The highest BCUT2D eigenvalue weighted by molar-refractivity contribution is 5.98. The van der Waals surface area contributed by atoms with E-state index in [-0.39, 0.29) is 12.3 Å². The molecule has 0 aromatic heterocycles. The molecule has 0 bridgehead atoms. The average molecular weight is 365 g/mol. The lowest BCUT2D eigenvalue weighted by atomic mass is 9.93. The number of ether oxygens (including phenoxy) is 2. The van der Waals surface area contributed by atoms with Crippen LogP contribution >= 0.6 is 0 Å². The molecule has 0 atom stereocenters. The number of aryl methyl sites for hydroxylation is 1. The van der Waals surface area contributed by atoms with Crippen LogP contribution in [0.1, 0.15) is 29.5 Å². The quantitative estimate of drug-likeness (QED) is 0.580. The summed E-state index contributed by atoms with van der Waals surface area (Å²) in [6.45, 7) is 0.375. The van der Waals surface area contributed by atoms with E-state index >= 15 is 0 Å². The van der Waals surface area contributed by atoms with Gasteiger partial charge in [0.15, 0.2) is 0 Å². The fraction of sp³-hybridized carbons (Fsp3) is 0.273. The molecular weight excluding hydrogens is 342 g/mol. The Labute approximate surface area is 159 Å². The second-order valence-corrected chi connectivity index (χ2v) is 6.37. The lowest BCUT2D eigenvalue weighted by molar-refractivity contribution is -0.145. The summed E-state index contributed by atoms with van der Waals surface area (Å²) >= 11 is 0. The van der Waals surface area contributed by atoms with Crippen molar-refractivity contribution in [2.75, 3.05) is 14.2 Å². The summed E-state index contributed by atoms with van der Waals surface area (Å²) < 4.78 is 9.88. The van der Waals surface area contributed by atoms with Gasteiger partial charge in [-0.1, -0.05) is 42.5 Å². The van der Waals surface area contributed by atoms with Crippen molar-refractivity contribution in [3.63, 3.8) is 0 Å². The predicted octanol–water partition coefficient (Wildman–Crippen LogP) is 3.57. The van der Waals surface area contributed by atoms with Gasteiger partial charge in [0.2, 0.25) is 5.91 Å². The number of hydrogen-bond donors (Lipinski definition) is 0. The first-order valence-corrected chi connectivity index (χ1v) is 8.91. The highest BCUT2D eigenvalue weighted by Crippen LogP contribution is 2.31. The molecule has 27 heavy (non-hydrogen) atoms. The molecule has 0 radical (unpaired) electrons. The fourth-order valence-electron chi connectivity index (χ4n) is 3.23. The molecule has 3 rings (SSSR count). The number of benzene rings is 2. The van der Waals surface area contributed by atoms with Gasteiger partial charge in [0, 0.05) is 11.3 Å². The normalized spacial score (nSPS) is 12.6. The zero-order valence-electron chi connectivity index (χ0n) is 15.6. The van der Waals surface area contributed by atoms with Crippen LogP contribution in [0.3, 0.4) is 0 Å². The predicted molar refractivity (Wildman–Crippen MR) is 103 cm³/mol. The molecule has 1 aliphatic carbocycles. The number of methoxy groups -OCH3 is 2. The Kier molecular flexibility index (Phi) is 5.91. The van der Waals surface area contributed by atoms with E-state index in [2.05, 4.69) is 16.9 Å². The molecule has 2 aromatic rings. The van der Waals surface area contributed by atoms with Crippen LogP contribution in [0.25, 0.3) is 5.70 Å². The fourth-order valence-corrected chi connectivity index (χ4v) is 3.23. The first-order chi connectivity index (χ1) is 13.1. The molecule has 0 heterocycles. The average Bonchev–Trinajstić information content (AvgIpc) is 2.72. The Morgan fingerprint density at radius 3 is 2.48 bits per heavy atom. The molecule has 2 aromatic carbocycles. The van der Waals surface area contributed by atoms with Crippen LogP contribution < -0.4 is 4.74 Å². The lowest BCUT2D eigenvalue weighted by Crippen LogP contribution is -2.32. The van der Waals surface area contributed by atoms with Crippen LogP contribution in [0, 0.1) is 0 Å². The second-order valence-electron chi connectivity index (χ2n) is 6.37. The Balaban J connectivity index is 1.93. The third-order valence-corrected chi connectivity index (χ3v) is 4.66. The molecular formula is C22H23NO4. The van der Waals surface area contributed by atoms with E-state index in [0.717, 1.165) is 35.4 Å². The molecule has 0 aliphatic heterocycles. The molecule has 0 saturated heterocycles. The van der Waals surface area contributed by atoms with E-state index in [1.54, 1.807) is 12.0 Å². The van der Waals surface area contributed by atoms with Gasteiger partial charge in [-0.05, 0) is 36.1 Å². The molecule has 5 heteroatoms. The highest BCUT2D eigenvalue weighted by atomic mass is 16.5. The van der Waals surface area contributed by atoms with Gasteiger partial charge in [-0.2, -0.15) is 0 Å². The molecule has 5 nitrogen and oxygen atoms in total. The van der Waals surface area contributed by atoms with Gasteiger partial charge in [0.05, 0.1) is 20.8 Å². The summed E-state index contributed by atoms with van der Waals surface area (Å²) in [5.41, 5.74) is 4.05. The van der Waals surface area contributed by atoms with Crippen molar-refractivity contribution in [3.05, 3.63) is 71.3 Å². The van der Waals surface area contributed by atoms with E-state index < -0.39 is 5.97 Å². The first-order valence-electron chi connectivity index (χ1n) is 8.91. The van der Waals surface area contributed by atoms with Crippen LogP contribution in [0.5, 0.6) is 5.75 Å². The van der Waals surface area contributed by atoms with E-state index in [1.807, 2.05) is 42.5 Å². The number of rotatable bonds is 6. The smallest absolute Gasteiger partial charge is 0.315 e. The van der Waals surface area contributed by atoms with E-state index in [4.69, 9.17) is 4.74 Å². The maximum Gasteiger partial charge on any atom is 0.315 e. The van der Waals surface area contributed by atoms with Gasteiger partial charge in [0.1, 0.15) is 12.2 Å². The molecule has 1 aliphatic rings. The van der Waals surface area contributed by atoms with Crippen LogP contribution in [0.15, 0.2) is 54.6 Å². The number of allylic oxidation sites excluding steroid dienone is 1. The summed E-state index contributed by atoms with van der Waals surface area (Å²) in [5, 5.41) is 0. The summed E-state index contributed by atoms with van der Waals surface area (Å²) in [7, 11) is 2.91. The van der Waals surface area contributed by atoms with Crippen molar-refractivity contribution in [2.24, 2.45) is 0 Å². The number of hydrogen-bond acceptors (Lipinski definition) is 4. The minimum absolute atomic E-state index is 0.277. The minimum Gasteiger partial charge on any atom is -0.497 e. The maximum absolute atomic E-state index is 12.9. The Bertz CT molecular complexity index is 855. The van der Waals surface area contributed by atoms with Gasteiger partial charge < -0.3 is 14.4 Å². The maximum atomic E-state index is 12.9. The zero-order valence-corrected chi connectivity index (χ0v) is 15.6. The monoisotopic (exact) mass is 365 g/mol. The Morgan fingerprint density at radius 1 is 1.04 bits per heavy atom. The number of nitrogens with zero attached hydrogens (tertiary/aromatic N) is 1. The van der Waals surface area contributed by atoms with Gasteiger partial charge in [-0.25, -0.2) is 0 Å². The summed E-state index contributed by atoms with van der Waals surface area (Å²) in [6.07, 6.45) is 3.59. The number of fused-ring (bicyclic) bond motifs is 1. The van der Waals surface area contributed by atoms with Crippen LogP contribution in [-0.4, -0.2) is 31.0 Å². The Hall–Kier alpha value is -3.08. The van der Waals surface area contributed by atoms with Crippen molar-refractivity contribution < 1.29 is 19.1 Å². The molecule has 1 amide bonds. The highest BCUT2D eigenvalue weighted by Gasteiger charge is 2.25. The second kappa shape index (κ2) is 8.54. The minimum atomic E-state index is -0.538. The van der Waals surface area contributed by atoms with Crippen LogP contribution in [-0.2, 0) is 27.3 Å². The standard InChI is InChI=1S/C22H23NO4/c1-26-18-12-10-16(11-13-18)15-23(21(24)14-22(25)27-2)20-9-5-7-17-6-3-4-8-19(17)20/h3-4,6,8-13H,5,7,14-15H2,1-2H3. The van der Waals surface area contributed by atoms with E-state index in [9.17, 15) is 9.59 Å². The van der Waals surface area contributed by atoms with Crippen LogP contribution in [0.4, 0.5) is 0 Å². The van der Waals surface area contributed by atoms with E-state index in [1.165, 1.54) is 12.7 Å². The number of amides is 1. The third kappa shape index (κ3) is 4.37. The number of esters is 1. The topological polar surface area (TPSA) is 55.8 Å². The third-order valence-electron chi connectivity index (χ3n) is 4.66. The van der Waals surface area contributed by atoms with Crippen molar-refractivity contribution >= 4 is 17.6 Å². The largest absolute Gasteiger partial charge is 0.497 e. The lowest BCUT2D eigenvalue weighted by Gasteiger charge is -2.29. The number of carbonyl (C=O) groups is 2. The van der Waals surface area contributed by atoms with Crippen molar-refractivity contribution in [2.45, 2.75) is 25.8 Å². The number of carbonyl (C=O) groups excluding carboxylic acids is 2. The summed E-state index contributed by atoms with van der Waals surface area (Å²) in [5.74, 6) is -0.0570. The summed E-state index contributed by atoms with van der Waals surface area (Å²) in [4.78, 5) is 26.3. The molecule has 0 saturated carbocycles. The zero-order chi connectivity index (χ0) is 19.2. The van der Waals surface area contributed by atoms with Crippen molar-refractivity contribution in [1.82, 2.24) is 4.90 Å². The summed E-state index contributed by atoms with van der Waals surface area (Å²) in [6, 6.07) is 15.6. The van der Waals surface area contributed by atoms with Gasteiger partial charge >= 0.3 is 5.97 Å². The SMILES string of the molecule is COC(=O)CC(=O)N(Cc1ccc(OC)cc1)C1=CCCc2ccccc21. The van der Waals surface area contributed by atoms with Gasteiger partial charge in [-0.3, -0.25) is 9.59 Å². The van der Waals surface area contributed by atoms with Crippen molar-refractivity contribution in [1.29, 1.82) is 0 Å². The van der Waals surface area contributed by atoms with Gasteiger partial charge in [-0.15, -0.1) is 0 Å². The molecule has 0 spiro atoms. The molecule has 0 N–H and O–H groups in total. The molecule has 140 valence electrons. The molecule has 0 unspecified atom stereocenters. The van der Waals surface area contributed by atoms with Crippen molar-refractivity contribution in [3.8, 4) is 5.75 Å². The van der Waals surface area contributed by atoms with Crippen LogP contribution in [0.2, 0.25) is 0 Å². The molecule has 0 fully saturated rings. The Morgan fingerprint density at radius 2 is 1.78 bits per heavy atom.